The van der Waals surface area contributed by atoms with Crippen molar-refractivity contribution >= 4 is 11.6 Å². The van der Waals surface area contributed by atoms with Gasteiger partial charge in [-0.3, -0.25) is 9.80 Å². The van der Waals surface area contributed by atoms with Crippen LogP contribution in [0.3, 0.4) is 0 Å². The Morgan fingerprint density at radius 3 is 3.12 bits per heavy atom. The SMILES string of the molecule is Nc1ncc(CN2CCN3CCOC[C@H]3C2)c2nc(-c3ccco3)nn12. The quantitative estimate of drug-likeness (QED) is 0.725. The molecule has 0 aliphatic carbocycles. The molecule has 9 nitrogen and oxygen atoms in total. The number of ether oxygens (including phenoxy) is 1. The first kappa shape index (κ1) is 15.7. The van der Waals surface area contributed by atoms with E-state index in [0.29, 0.717) is 23.6 Å². The molecule has 0 bridgehead atoms. The first-order valence-electron chi connectivity index (χ1n) is 8.86. The molecule has 5 heterocycles. The first-order valence-corrected chi connectivity index (χ1v) is 8.86. The molecule has 5 rings (SSSR count). The van der Waals surface area contributed by atoms with Crippen LogP contribution in [0.5, 0.6) is 0 Å². The largest absolute Gasteiger partial charge is 0.461 e. The van der Waals surface area contributed by atoms with Crippen LogP contribution >= 0.6 is 0 Å². The third-order valence-electron chi connectivity index (χ3n) is 5.12. The minimum Gasteiger partial charge on any atom is -0.461 e. The van der Waals surface area contributed by atoms with Crippen molar-refractivity contribution in [1.29, 1.82) is 0 Å². The Labute approximate surface area is 150 Å². The van der Waals surface area contributed by atoms with Crippen LogP contribution in [0, 0.1) is 0 Å². The number of morpholine rings is 1. The van der Waals surface area contributed by atoms with Gasteiger partial charge in [0.2, 0.25) is 11.8 Å². The average Bonchev–Trinajstić information content (AvgIpc) is 3.34. The molecule has 2 aliphatic heterocycles. The fourth-order valence-electron chi connectivity index (χ4n) is 3.75. The zero-order valence-corrected chi connectivity index (χ0v) is 14.4. The number of anilines is 1. The maximum Gasteiger partial charge on any atom is 0.223 e. The molecular formula is C17H21N7O2. The van der Waals surface area contributed by atoms with Crippen LogP contribution in [0.1, 0.15) is 5.56 Å². The number of furan rings is 1. The summed E-state index contributed by atoms with van der Waals surface area (Å²) in [7, 11) is 0. The molecule has 0 saturated carbocycles. The summed E-state index contributed by atoms with van der Waals surface area (Å²) in [4.78, 5) is 13.9. The smallest absolute Gasteiger partial charge is 0.223 e. The highest BCUT2D eigenvalue weighted by atomic mass is 16.5. The standard InChI is InChI=1S/C17H21N7O2/c18-17-19-8-12(9-22-3-4-23-5-7-25-11-13(23)10-22)16-20-15(21-24(16)17)14-2-1-6-26-14/h1-2,6,8,13H,3-5,7,9-11H2,(H2,18,19)/t13-/m1/s1. The molecule has 2 aliphatic rings. The Kier molecular flexibility index (Phi) is 3.84. The predicted molar refractivity (Wildman–Crippen MR) is 94.4 cm³/mol. The van der Waals surface area contributed by atoms with Gasteiger partial charge in [-0.15, -0.1) is 5.10 Å². The molecule has 26 heavy (non-hydrogen) atoms. The van der Waals surface area contributed by atoms with Gasteiger partial charge >= 0.3 is 0 Å². The molecule has 3 aromatic heterocycles. The molecule has 0 radical (unpaired) electrons. The predicted octanol–water partition coefficient (Wildman–Crippen LogP) is 0.483. The van der Waals surface area contributed by atoms with Crippen LogP contribution < -0.4 is 5.73 Å². The van der Waals surface area contributed by atoms with Gasteiger partial charge < -0.3 is 14.9 Å². The summed E-state index contributed by atoms with van der Waals surface area (Å²) in [5.74, 6) is 1.45. The minimum atomic E-state index is 0.319. The Bertz CT molecular complexity index is 907. The number of hydrogen-bond acceptors (Lipinski definition) is 8. The number of nitrogen functional groups attached to an aromatic ring is 1. The second-order valence-electron chi connectivity index (χ2n) is 6.79. The molecule has 0 amide bonds. The normalized spacial score (nSPS) is 21.9. The highest BCUT2D eigenvalue weighted by Gasteiger charge is 2.30. The summed E-state index contributed by atoms with van der Waals surface area (Å²) in [6, 6.07) is 4.11. The molecule has 9 heteroatoms. The summed E-state index contributed by atoms with van der Waals surface area (Å²) in [5.41, 5.74) is 7.73. The lowest BCUT2D eigenvalue weighted by Gasteiger charge is -2.43. The molecule has 0 spiro atoms. The first-order chi connectivity index (χ1) is 12.8. The van der Waals surface area contributed by atoms with Crippen LogP contribution in [0.4, 0.5) is 5.95 Å². The molecule has 2 fully saturated rings. The summed E-state index contributed by atoms with van der Waals surface area (Å²) in [6.07, 6.45) is 3.41. The number of piperazine rings is 1. The number of hydrogen-bond donors (Lipinski definition) is 1. The lowest BCUT2D eigenvalue weighted by atomic mass is 10.1. The van der Waals surface area contributed by atoms with Crippen molar-refractivity contribution in [3.8, 4) is 11.6 Å². The maximum atomic E-state index is 5.99. The van der Waals surface area contributed by atoms with E-state index in [1.165, 1.54) is 0 Å². The van der Waals surface area contributed by atoms with Gasteiger partial charge in [0.1, 0.15) is 0 Å². The molecule has 2 N–H and O–H groups in total. The lowest BCUT2D eigenvalue weighted by molar-refractivity contribution is -0.0461. The van der Waals surface area contributed by atoms with E-state index in [4.69, 9.17) is 14.9 Å². The number of fused-ring (bicyclic) bond motifs is 2. The molecule has 2 saturated heterocycles. The maximum absolute atomic E-state index is 5.99. The highest BCUT2D eigenvalue weighted by molar-refractivity contribution is 5.57. The van der Waals surface area contributed by atoms with E-state index in [2.05, 4.69) is 24.9 Å². The summed E-state index contributed by atoms with van der Waals surface area (Å²) in [5, 5.41) is 4.45. The Morgan fingerprint density at radius 2 is 2.23 bits per heavy atom. The third kappa shape index (κ3) is 2.74. The van der Waals surface area contributed by atoms with Gasteiger partial charge in [0.15, 0.2) is 11.4 Å². The van der Waals surface area contributed by atoms with Gasteiger partial charge in [-0.1, -0.05) is 0 Å². The zero-order chi connectivity index (χ0) is 17.5. The van der Waals surface area contributed by atoms with E-state index in [0.717, 1.165) is 57.1 Å². The second kappa shape index (κ2) is 6.35. The van der Waals surface area contributed by atoms with Crippen molar-refractivity contribution in [2.45, 2.75) is 12.6 Å². The van der Waals surface area contributed by atoms with Crippen molar-refractivity contribution in [3.63, 3.8) is 0 Å². The van der Waals surface area contributed by atoms with Gasteiger partial charge in [0, 0.05) is 50.5 Å². The van der Waals surface area contributed by atoms with Crippen LogP contribution in [-0.2, 0) is 11.3 Å². The fourth-order valence-corrected chi connectivity index (χ4v) is 3.75. The van der Waals surface area contributed by atoms with E-state index < -0.39 is 0 Å². The van der Waals surface area contributed by atoms with Crippen LogP contribution in [-0.4, -0.2) is 74.8 Å². The number of nitrogens with two attached hydrogens (primary N) is 1. The van der Waals surface area contributed by atoms with Crippen LogP contribution in [0.15, 0.2) is 29.0 Å². The molecule has 0 unspecified atom stereocenters. The van der Waals surface area contributed by atoms with E-state index in [1.54, 1.807) is 17.0 Å². The van der Waals surface area contributed by atoms with Gasteiger partial charge in [-0.2, -0.15) is 4.52 Å². The van der Waals surface area contributed by atoms with Gasteiger partial charge in [-0.25, -0.2) is 9.97 Å². The molecule has 3 aromatic rings. The van der Waals surface area contributed by atoms with Gasteiger partial charge in [0.25, 0.3) is 0 Å². The van der Waals surface area contributed by atoms with Crippen molar-refractivity contribution in [2.75, 3.05) is 45.1 Å². The van der Waals surface area contributed by atoms with Gasteiger partial charge in [0.05, 0.1) is 19.5 Å². The van der Waals surface area contributed by atoms with Crippen molar-refractivity contribution in [1.82, 2.24) is 29.4 Å². The van der Waals surface area contributed by atoms with E-state index in [-0.39, 0.29) is 0 Å². The Hall–Kier alpha value is -2.49. The van der Waals surface area contributed by atoms with Crippen LogP contribution in [0.2, 0.25) is 0 Å². The number of nitrogens with zero attached hydrogens (tertiary/aromatic N) is 6. The van der Waals surface area contributed by atoms with E-state index >= 15 is 0 Å². The third-order valence-corrected chi connectivity index (χ3v) is 5.12. The number of aromatic nitrogens is 4. The minimum absolute atomic E-state index is 0.319. The average molecular weight is 355 g/mol. The fraction of sp³-hybridized carbons (Fsp3) is 0.471. The topological polar surface area (TPSA) is 98.0 Å². The van der Waals surface area contributed by atoms with Gasteiger partial charge in [-0.05, 0) is 12.1 Å². The molecule has 136 valence electrons. The van der Waals surface area contributed by atoms with Crippen molar-refractivity contribution in [3.05, 3.63) is 30.2 Å². The highest BCUT2D eigenvalue weighted by Crippen LogP contribution is 2.22. The van der Waals surface area contributed by atoms with Crippen molar-refractivity contribution in [2.24, 2.45) is 0 Å². The lowest BCUT2D eigenvalue weighted by Crippen LogP contribution is -2.57. The Balaban J connectivity index is 1.43. The summed E-state index contributed by atoms with van der Waals surface area (Å²) in [6.45, 7) is 6.51. The molecular weight excluding hydrogens is 334 g/mol. The van der Waals surface area contributed by atoms with E-state index in [1.807, 2.05) is 12.1 Å². The summed E-state index contributed by atoms with van der Waals surface area (Å²) < 4.78 is 12.6. The number of rotatable bonds is 3. The molecule has 0 aromatic carbocycles. The zero-order valence-electron chi connectivity index (χ0n) is 14.4. The Morgan fingerprint density at radius 1 is 1.27 bits per heavy atom. The van der Waals surface area contributed by atoms with E-state index in [9.17, 15) is 0 Å². The monoisotopic (exact) mass is 355 g/mol. The second-order valence-corrected chi connectivity index (χ2v) is 6.79. The molecule has 1 atom stereocenters. The van der Waals surface area contributed by atoms with Crippen molar-refractivity contribution < 1.29 is 9.15 Å². The van der Waals surface area contributed by atoms with Crippen LogP contribution in [0.25, 0.3) is 17.2 Å². The summed E-state index contributed by atoms with van der Waals surface area (Å²) >= 11 is 0.